The summed E-state index contributed by atoms with van der Waals surface area (Å²) >= 11 is 8.05. The van der Waals surface area contributed by atoms with Crippen molar-refractivity contribution in [3.63, 3.8) is 0 Å². The molecule has 1 nitrogen and oxygen atoms in total. The topological polar surface area (TPSA) is 9.23 Å². The zero-order valence-corrected chi connectivity index (χ0v) is 13.2. The van der Waals surface area contributed by atoms with Crippen molar-refractivity contribution in [1.82, 2.24) is 0 Å². The summed E-state index contributed by atoms with van der Waals surface area (Å²) in [5.41, 5.74) is 0.280. The summed E-state index contributed by atoms with van der Waals surface area (Å²) in [5.74, 6) is 1.89. The second-order valence-corrected chi connectivity index (χ2v) is 6.55. The second-order valence-electron chi connectivity index (χ2n) is 5.32. The minimum atomic E-state index is 0.280. The third-order valence-electron chi connectivity index (χ3n) is 3.84. The number of rotatable bonds is 4. The Morgan fingerprint density at radius 1 is 1.17 bits per heavy atom. The maximum atomic E-state index is 6.00. The molecule has 3 heteroatoms. The van der Waals surface area contributed by atoms with E-state index in [2.05, 4.69) is 28.6 Å². The average molecular weight is 329 g/mol. The fraction of sp³-hybridized carbons (Fsp3) is 0.600. The molecule has 0 spiro atoms. The Balaban J connectivity index is 1.97. The quantitative estimate of drug-likeness (QED) is 0.597. The molecule has 0 heterocycles. The van der Waals surface area contributed by atoms with Gasteiger partial charge in [-0.2, -0.15) is 12.6 Å². The van der Waals surface area contributed by atoms with Gasteiger partial charge in [0.05, 0.1) is 6.61 Å². The van der Waals surface area contributed by atoms with Gasteiger partial charge < -0.3 is 4.74 Å². The first-order chi connectivity index (χ1) is 8.74. The van der Waals surface area contributed by atoms with Crippen LogP contribution in [0.5, 0.6) is 5.75 Å². The Labute approximate surface area is 124 Å². The fourth-order valence-corrected chi connectivity index (χ4v) is 3.41. The van der Waals surface area contributed by atoms with Gasteiger partial charge in [-0.15, -0.1) is 0 Å². The number of hydrogen-bond acceptors (Lipinski definition) is 2. The van der Waals surface area contributed by atoms with Crippen LogP contribution in [0.1, 0.15) is 38.5 Å². The van der Waals surface area contributed by atoms with Gasteiger partial charge in [-0.3, -0.25) is 0 Å². The van der Waals surface area contributed by atoms with E-state index in [4.69, 9.17) is 4.74 Å². The molecule has 0 bridgehead atoms. The molecule has 0 N–H and O–H groups in total. The highest BCUT2D eigenvalue weighted by Gasteiger charge is 2.30. The molecule has 0 saturated heterocycles. The predicted molar refractivity (Wildman–Crippen MR) is 83.6 cm³/mol. The second kappa shape index (κ2) is 6.85. The number of halogens is 1. The standard InChI is InChI=1S/C15H21BrOS/c16-13-6-5-7-14(10-13)17-11-15(12-18)8-3-1-2-4-9-15/h5-7,10,18H,1-4,8-9,11-12H2. The minimum Gasteiger partial charge on any atom is -0.493 e. The molecule has 18 heavy (non-hydrogen) atoms. The summed E-state index contributed by atoms with van der Waals surface area (Å²) in [7, 11) is 0. The SMILES string of the molecule is SCC1(COc2cccc(Br)c2)CCCCCC1. The van der Waals surface area contributed by atoms with Crippen molar-refractivity contribution in [1.29, 1.82) is 0 Å². The molecule has 100 valence electrons. The van der Waals surface area contributed by atoms with Gasteiger partial charge in [-0.1, -0.05) is 47.7 Å². The molecule has 1 fully saturated rings. The number of benzene rings is 1. The maximum absolute atomic E-state index is 6.00. The lowest BCUT2D eigenvalue weighted by atomic mass is 9.83. The van der Waals surface area contributed by atoms with Crippen molar-refractivity contribution < 1.29 is 4.74 Å². The van der Waals surface area contributed by atoms with Gasteiger partial charge in [-0.05, 0) is 36.8 Å². The predicted octanol–water partition coefficient (Wildman–Crippen LogP) is 5.10. The molecular formula is C15H21BrOS. The first-order valence-corrected chi connectivity index (χ1v) is 8.16. The van der Waals surface area contributed by atoms with Crippen LogP contribution in [0, 0.1) is 5.41 Å². The van der Waals surface area contributed by atoms with Gasteiger partial charge in [0, 0.05) is 9.89 Å². The zero-order valence-electron chi connectivity index (χ0n) is 10.7. The third kappa shape index (κ3) is 3.92. The van der Waals surface area contributed by atoms with Crippen LogP contribution in [0.25, 0.3) is 0 Å². The Morgan fingerprint density at radius 2 is 1.89 bits per heavy atom. The number of ether oxygens (including phenoxy) is 1. The number of hydrogen-bond donors (Lipinski definition) is 1. The third-order valence-corrected chi connectivity index (χ3v) is 5.00. The van der Waals surface area contributed by atoms with E-state index in [0.717, 1.165) is 22.6 Å². The number of thiol groups is 1. The van der Waals surface area contributed by atoms with Crippen molar-refractivity contribution in [2.75, 3.05) is 12.4 Å². The van der Waals surface area contributed by atoms with Crippen LogP contribution >= 0.6 is 28.6 Å². The van der Waals surface area contributed by atoms with Crippen molar-refractivity contribution in [3.05, 3.63) is 28.7 Å². The average Bonchev–Trinajstić information content (AvgIpc) is 2.63. The van der Waals surface area contributed by atoms with E-state index in [0.29, 0.717) is 0 Å². The lowest BCUT2D eigenvalue weighted by molar-refractivity contribution is 0.148. The van der Waals surface area contributed by atoms with Gasteiger partial charge in [0.25, 0.3) is 0 Å². The van der Waals surface area contributed by atoms with Gasteiger partial charge in [-0.25, -0.2) is 0 Å². The van der Waals surface area contributed by atoms with Crippen LogP contribution in [0.2, 0.25) is 0 Å². The molecule has 0 radical (unpaired) electrons. The Morgan fingerprint density at radius 3 is 2.50 bits per heavy atom. The van der Waals surface area contributed by atoms with Crippen LogP contribution in [0.15, 0.2) is 28.7 Å². The Bertz CT molecular complexity index is 373. The molecule has 2 rings (SSSR count). The highest BCUT2D eigenvalue weighted by molar-refractivity contribution is 9.10. The first-order valence-electron chi connectivity index (χ1n) is 6.73. The fourth-order valence-electron chi connectivity index (χ4n) is 2.62. The van der Waals surface area contributed by atoms with E-state index in [9.17, 15) is 0 Å². The van der Waals surface area contributed by atoms with Crippen LogP contribution in [-0.2, 0) is 0 Å². The minimum absolute atomic E-state index is 0.280. The van der Waals surface area contributed by atoms with Gasteiger partial charge in [0.15, 0.2) is 0 Å². The smallest absolute Gasteiger partial charge is 0.120 e. The summed E-state index contributed by atoms with van der Waals surface area (Å²) in [6, 6.07) is 8.09. The van der Waals surface area contributed by atoms with Crippen molar-refractivity contribution in [3.8, 4) is 5.75 Å². The van der Waals surface area contributed by atoms with E-state index < -0.39 is 0 Å². The molecule has 0 aliphatic heterocycles. The summed E-state index contributed by atoms with van der Waals surface area (Å²) in [4.78, 5) is 0. The highest BCUT2D eigenvalue weighted by atomic mass is 79.9. The van der Waals surface area contributed by atoms with E-state index >= 15 is 0 Å². The van der Waals surface area contributed by atoms with Gasteiger partial charge in [0.2, 0.25) is 0 Å². The normalized spacial score (nSPS) is 19.2. The molecule has 1 saturated carbocycles. The Hall–Kier alpha value is -0.150. The van der Waals surface area contributed by atoms with Crippen LogP contribution in [-0.4, -0.2) is 12.4 Å². The summed E-state index contributed by atoms with van der Waals surface area (Å²) in [6.45, 7) is 0.799. The molecule has 1 aliphatic carbocycles. The van der Waals surface area contributed by atoms with E-state index in [1.165, 1.54) is 38.5 Å². The lowest BCUT2D eigenvalue weighted by Crippen LogP contribution is -2.30. The summed E-state index contributed by atoms with van der Waals surface area (Å²) < 4.78 is 7.07. The molecule has 0 unspecified atom stereocenters. The van der Waals surface area contributed by atoms with Crippen LogP contribution in [0.4, 0.5) is 0 Å². The molecule has 1 aromatic carbocycles. The molecule has 0 amide bonds. The molecule has 0 atom stereocenters. The molecule has 1 aromatic rings. The summed E-state index contributed by atoms with van der Waals surface area (Å²) in [5, 5.41) is 0. The van der Waals surface area contributed by atoms with E-state index in [1.807, 2.05) is 24.3 Å². The van der Waals surface area contributed by atoms with E-state index in [1.54, 1.807) is 0 Å². The van der Waals surface area contributed by atoms with Crippen LogP contribution in [0.3, 0.4) is 0 Å². The lowest BCUT2D eigenvalue weighted by Gasteiger charge is -2.30. The molecule has 1 aliphatic rings. The summed E-state index contributed by atoms with van der Waals surface area (Å²) in [6.07, 6.45) is 7.89. The van der Waals surface area contributed by atoms with Crippen molar-refractivity contribution in [2.24, 2.45) is 5.41 Å². The van der Waals surface area contributed by atoms with Crippen molar-refractivity contribution in [2.45, 2.75) is 38.5 Å². The van der Waals surface area contributed by atoms with Gasteiger partial charge in [0.1, 0.15) is 5.75 Å². The first kappa shape index (κ1) is 14.3. The Kier molecular flexibility index (Phi) is 5.43. The maximum Gasteiger partial charge on any atom is 0.120 e. The highest BCUT2D eigenvalue weighted by Crippen LogP contribution is 2.36. The molecule has 0 aromatic heterocycles. The zero-order chi connectivity index (χ0) is 12.8. The molecular weight excluding hydrogens is 308 g/mol. The van der Waals surface area contributed by atoms with Crippen molar-refractivity contribution >= 4 is 28.6 Å². The van der Waals surface area contributed by atoms with Crippen LogP contribution < -0.4 is 4.74 Å². The van der Waals surface area contributed by atoms with E-state index in [-0.39, 0.29) is 5.41 Å². The van der Waals surface area contributed by atoms with Gasteiger partial charge >= 0.3 is 0 Å². The largest absolute Gasteiger partial charge is 0.493 e. The monoisotopic (exact) mass is 328 g/mol.